The second-order valence-corrected chi connectivity index (χ2v) is 7.92. The van der Waals surface area contributed by atoms with Gasteiger partial charge in [-0.3, -0.25) is 4.79 Å². The van der Waals surface area contributed by atoms with E-state index in [1.165, 1.54) is 40.7 Å². The Morgan fingerprint density at radius 3 is 2.25 bits per heavy atom. The van der Waals surface area contributed by atoms with Gasteiger partial charge in [-0.25, -0.2) is 13.2 Å². The fourth-order valence-corrected chi connectivity index (χ4v) is 4.00. The van der Waals surface area contributed by atoms with Crippen LogP contribution < -0.4 is 4.73 Å². The predicted molar refractivity (Wildman–Crippen MR) is 96.0 cm³/mol. The molecule has 0 aliphatic carbocycles. The molecule has 0 amide bonds. The van der Waals surface area contributed by atoms with Crippen LogP contribution in [0, 0.1) is 5.21 Å². The first-order valence-corrected chi connectivity index (χ1v) is 9.89. The number of aromatic nitrogens is 1. The van der Waals surface area contributed by atoms with Crippen molar-refractivity contribution in [2.45, 2.75) is 4.90 Å². The Hall–Kier alpha value is -2.82. The fourth-order valence-electron chi connectivity index (χ4n) is 2.60. The number of pyridine rings is 1. The minimum atomic E-state index is -3.64. The lowest BCUT2D eigenvalue weighted by Crippen LogP contribution is -2.40. The summed E-state index contributed by atoms with van der Waals surface area (Å²) in [7, 11) is -3.64. The molecule has 1 aliphatic heterocycles. The molecule has 2 aromatic rings. The highest BCUT2D eigenvalue weighted by Crippen LogP contribution is 2.18. The highest BCUT2D eigenvalue weighted by atomic mass is 32.2. The number of hydrogen-bond donors (Lipinski definition) is 0. The molecule has 1 fully saturated rings. The van der Waals surface area contributed by atoms with E-state index < -0.39 is 28.4 Å². The van der Waals surface area contributed by atoms with Crippen molar-refractivity contribution >= 4 is 21.8 Å². The van der Waals surface area contributed by atoms with Crippen LogP contribution in [0.4, 0.5) is 0 Å². The third-order valence-electron chi connectivity index (χ3n) is 4.16. The second-order valence-electron chi connectivity index (χ2n) is 5.99. The van der Waals surface area contributed by atoms with Gasteiger partial charge in [0.15, 0.2) is 24.8 Å². The zero-order chi connectivity index (χ0) is 20.1. The Morgan fingerprint density at radius 1 is 1.04 bits per heavy atom. The van der Waals surface area contributed by atoms with Crippen LogP contribution in [0.1, 0.15) is 20.7 Å². The van der Waals surface area contributed by atoms with Crippen LogP contribution in [-0.2, 0) is 19.5 Å². The van der Waals surface area contributed by atoms with Gasteiger partial charge in [-0.1, -0.05) is 0 Å². The smallest absolute Gasteiger partial charge is 0.339 e. The molecule has 0 bridgehead atoms. The lowest BCUT2D eigenvalue weighted by Gasteiger charge is -2.26. The van der Waals surface area contributed by atoms with E-state index in [-0.39, 0.29) is 29.1 Å². The fraction of sp³-hybridized carbons (Fsp3) is 0.278. The van der Waals surface area contributed by atoms with E-state index in [4.69, 9.17) is 9.47 Å². The first kappa shape index (κ1) is 19.9. The molecule has 3 rings (SSSR count). The summed E-state index contributed by atoms with van der Waals surface area (Å²) < 4.78 is 37.1. The summed E-state index contributed by atoms with van der Waals surface area (Å²) in [5.74, 6) is -1.21. The largest absolute Gasteiger partial charge is 0.619 e. The average molecular weight is 406 g/mol. The summed E-state index contributed by atoms with van der Waals surface area (Å²) in [4.78, 5) is 24.1. The summed E-state index contributed by atoms with van der Waals surface area (Å²) in [6.45, 7) is 0.755. The van der Waals surface area contributed by atoms with Crippen molar-refractivity contribution in [1.82, 2.24) is 4.31 Å². The summed E-state index contributed by atoms with van der Waals surface area (Å²) in [5.41, 5.74) is 0.367. The van der Waals surface area contributed by atoms with Gasteiger partial charge < -0.3 is 14.7 Å². The third kappa shape index (κ3) is 4.53. The van der Waals surface area contributed by atoms with Crippen molar-refractivity contribution < 1.29 is 32.2 Å². The van der Waals surface area contributed by atoms with Crippen LogP contribution in [0.15, 0.2) is 53.7 Å². The molecule has 1 aromatic heterocycles. The number of carbonyl (C=O) groups is 2. The molecular formula is C18H18N2O7S. The van der Waals surface area contributed by atoms with Crippen LogP contribution in [-0.4, -0.2) is 57.4 Å². The maximum atomic E-state index is 12.6. The molecule has 1 saturated heterocycles. The van der Waals surface area contributed by atoms with Gasteiger partial charge in [0.1, 0.15) is 0 Å². The Morgan fingerprint density at radius 2 is 1.64 bits per heavy atom. The quantitative estimate of drug-likeness (QED) is 0.295. The number of esters is 1. The van der Waals surface area contributed by atoms with Crippen molar-refractivity contribution in [3.05, 3.63) is 65.1 Å². The number of morpholine rings is 1. The van der Waals surface area contributed by atoms with Crippen molar-refractivity contribution in [1.29, 1.82) is 0 Å². The molecule has 1 aliphatic rings. The molecule has 1 aromatic carbocycles. The summed E-state index contributed by atoms with van der Waals surface area (Å²) in [6, 6.07) is 8.03. The second kappa shape index (κ2) is 8.46. The molecule has 0 unspecified atom stereocenters. The number of nitrogens with zero attached hydrogens (tertiary/aromatic N) is 2. The van der Waals surface area contributed by atoms with Gasteiger partial charge in [0.25, 0.3) is 0 Å². The summed E-state index contributed by atoms with van der Waals surface area (Å²) >= 11 is 0. The molecule has 10 heteroatoms. The first-order valence-electron chi connectivity index (χ1n) is 8.45. The lowest BCUT2D eigenvalue weighted by atomic mass is 10.1. The SMILES string of the molecule is O=C(COC(=O)c1cc[n+]([O-])cc1)c1ccc(S(=O)(=O)N2CCOCC2)cc1. The number of sulfonamides is 1. The van der Waals surface area contributed by atoms with Crippen LogP contribution in [0.3, 0.4) is 0 Å². The number of Topliss-reactive ketones (excluding diaryl/α,β-unsaturated/α-hetero) is 1. The highest BCUT2D eigenvalue weighted by Gasteiger charge is 2.26. The Balaban J connectivity index is 1.62. The number of rotatable bonds is 6. The van der Waals surface area contributed by atoms with Crippen molar-refractivity contribution in [2.24, 2.45) is 0 Å². The van der Waals surface area contributed by atoms with E-state index in [1.807, 2.05) is 0 Å². The van der Waals surface area contributed by atoms with Crippen LogP contribution >= 0.6 is 0 Å². The molecule has 0 saturated carbocycles. The molecule has 9 nitrogen and oxygen atoms in total. The van der Waals surface area contributed by atoms with Crippen LogP contribution in [0.2, 0.25) is 0 Å². The normalized spacial score (nSPS) is 15.1. The highest BCUT2D eigenvalue weighted by molar-refractivity contribution is 7.89. The number of ether oxygens (including phenoxy) is 2. The van der Waals surface area contributed by atoms with Gasteiger partial charge in [0.2, 0.25) is 10.0 Å². The molecule has 0 radical (unpaired) electrons. The first-order chi connectivity index (χ1) is 13.4. The molecule has 2 heterocycles. The van der Waals surface area contributed by atoms with Crippen molar-refractivity contribution in [2.75, 3.05) is 32.9 Å². The van der Waals surface area contributed by atoms with E-state index in [0.29, 0.717) is 17.9 Å². The topological polar surface area (TPSA) is 117 Å². The zero-order valence-electron chi connectivity index (χ0n) is 14.8. The van der Waals surface area contributed by atoms with Gasteiger partial charge in [-0.05, 0) is 24.3 Å². The predicted octanol–water partition coefficient (Wildman–Crippen LogP) is 0.381. The number of benzene rings is 1. The third-order valence-corrected chi connectivity index (χ3v) is 6.07. The number of carbonyl (C=O) groups excluding carboxylic acids is 2. The van der Waals surface area contributed by atoms with Crippen LogP contribution in [0.5, 0.6) is 0 Å². The monoisotopic (exact) mass is 406 g/mol. The Kier molecular flexibility index (Phi) is 6.02. The van der Waals surface area contributed by atoms with Gasteiger partial charge in [-0.15, -0.1) is 0 Å². The maximum absolute atomic E-state index is 12.6. The van der Waals surface area contributed by atoms with Crippen molar-refractivity contribution in [3.8, 4) is 0 Å². The molecule has 0 N–H and O–H groups in total. The van der Waals surface area contributed by atoms with Crippen LogP contribution in [0.25, 0.3) is 0 Å². The van der Waals surface area contributed by atoms with Gasteiger partial charge >= 0.3 is 5.97 Å². The average Bonchev–Trinajstić information content (AvgIpc) is 2.73. The maximum Gasteiger partial charge on any atom is 0.339 e. The molecule has 0 spiro atoms. The Bertz CT molecular complexity index is 950. The van der Waals surface area contributed by atoms with Gasteiger partial charge in [0.05, 0.1) is 23.7 Å². The summed E-state index contributed by atoms with van der Waals surface area (Å²) in [6.07, 6.45) is 2.29. The van der Waals surface area contributed by atoms with E-state index in [9.17, 15) is 23.2 Å². The van der Waals surface area contributed by atoms with E-state index >= 15 is 0 Å². The molecule has 28 heavy (non-hydrogen) atoms. The van der Waals surface area contributed by atoms with E-state index in [1.54, 1.807) is 0 Å². The molecular weight excluding hydrogens is 388 g/mol. The number of ketones is 1. The standard InChI is InChI=1S/C18H18N2O7S/c21-17(13-27-18(22)15-5-7-19(23)8-6-15)14-1-3-16(4-2-14)28(24,25)20-9-11-26-12-10-20/h1-8H,9-13H2. The van der Waals surface area contributed by atoms with Gasteiger partial charge in [-0.2, -0.15) is 9.04 Å². The van der Waals surface area contributed by atoms with Gasteiger partial charge in [0, 0.05) is 30.8 Å². The van der Waals surface area contributed by atoms with Crippen molar-refractivity contribution in [3.63, 3.8) is 0 Å². The zero-order valence-corrected chi connectivity index (χ0v) is 15.6. The minimum absolute atomic E-state index is 0.0816. The van der Waals surface area contributed by atoms with E-state index in [0.717, 1.165) is 12.4 Å². The van der Waals surface area contributed by atoms with E-state index in [2.05, 4.69) is 0 Å². The molecule has 148 valence electrons. The minimum Gasteiger partial charge on any atom is -0.619 e. The lowest BCUT2D eigenvalue weighted by molar-refractivity contribution is -0.605. The summed E-state index contributed by atoms with van der Waals surface area (Å²) in [5, 5.41) is 11.0. The molecule has 0 atom stereocenters. The number of hydrogen-bond acceptors (Lipinski definition) is 7. The Labute approximate surface area is 161 Å².